The van der Waals surface area contributed by atoms with Crippen molar-refractivity contribution in [3.05, 3.63) is 23.0 Å². The number of rotatable bonds is 2. The van der Waals surface area contributed by atoms with Crippen LogP contribution in [0.4, 0.5) is 0 Å². The normalized spacial score (nSPS) is 20.4. The third-order valence-electron chi connectivity index (χ3n) is 2.87. The molecule has 2 heterocycles. The summed E-state index contributed by atoms with van der Waals surface area (Å²) in [5.74, 6) is -0.0506. The van der Waals surface area contributed by atoms with E-state index < -0.39 is 0 Å². The van der Waals surface area contributed by atoms with Gasteiger partial charge in [0.05, 0.1) is 11.1 Å². The molecule has 1 aliphatic rings. The first-order chi connectivity index (χ1) is 7.61. The lowest BCUT2D eigenvalue weighted by Gasteiger charge is -2.16. The number of nitrogens with zero attached hydrogens (tertiary/aromatic N) is 2. The number of likely N-dealkylation sites (tertiary alicyclic amines) is 1. The molecule has 5 heteroatoms. The van der Waals surface area contributed by atoms with Crippen molar-refractivity contribution in [1.82, 2.24) is 9.47 Å². The van der Waals surface area contributed by atoms with Crippen molar-refractivity contribution in [3.63, 3.8) is 0 Å². The van der Waals surface area contributed by atoms with E-state index in [1.165, 1.54) is 0 Å². The molecule has 1 fully saturated rings. The highest BCUT2D eigenvalue weighted by Crippen LogP contribution is 2.18. The van der Waals surface area contributed by atoms with Crippen molar-refractivity contribution in [2.24, 2.45) is 0 Å². The number of aryl methyl sites for hydroxylation is 1. The standard InChI is InChI=1S/C11H15ClN2O2/c1-2-13-6-8(12)5-10(13)11(16)14-4-3-9(15)7-14/h5-6,9,15H,2-4,7H2,1H3/t9-/m1/s1. The van der Waals surface area contributed by atoms with Crippen molar-refractivity contribution < 1.29 is 9.90 Å². The highest BCUT2D eigenvalue weighted by atomic mass is 35.5. The number of hydrogen-bond acceptors (Lipinski definition) is 2. The Kier molecular flexibility index (Phi) is 3.21. The molecule has 4 nitrogen and oxygen atoms in total. The van der Waals surface area contributed by atoms with Gasteiger partial charge in [0.2, 0.25) is 0 Å². The van der Waals surface area contributed by atoms with E-state index in [-0.39, 0.29) is 12.0 Å². The van der Waals surface area contributed by atoms with Gasteiger partial charge in [0, 0.05) is 25.8 Å². The number of carbonyl (C=O) groups excluding carboxylic acids is 1. The third kappa shape index (κ3) is 2.08. The van der Waals surface area contributed by atoms with Gasteiger partial charge < -0.3 is 14.6 Å². The van der Waals surface area contributed by atoms with Crippen molar-refractivity contribution in [3.8, 4) is 0 Å². The molecule has 0 bridgehead atoms. The second-order valence-electron chi connectivity index (χ2n) is 4.02. The molecule has 1 N–H and O–H groups in total. The highest BCUT2D eigenvalue weighted by Gasteiger charge is 2.27. The summed E-state index contributed by atoms with van der Waals surface area (Å²) in [5.41, 5.74) is 0.599. The first-order valence-electron chi connectivity index (χ1n) is 5.45. The number of halogens is 1. The van der Waals surface area contributed by atoms with Crippen LogP contribution in [0.3, 0.4) is 0 Å². The molecule has 1 aromatic rings. The molecule has 0 unspecified atom stereocenters. The largest absolute Gasteiger partial charge is 0.391 e. The first kappa shape index (κ1) is 11.5. The van der Waals surface area contributed by atoms with Gasteiger partial charge in [0.25, 0.3) is 5.91 Å². The number of aliphatic hydroxyl groups is 1. The van der Waals surface area contributed by atoms with Crippen LogP contribution >= 0.6 is 11.6 Å². The zero-order valence-electron chi connectivity index (χ0n) is 9.19. The Bertz CT molecular complexity index is 403. The van der Waals surface area contributed by atoms with Crippen molar-refractivity contribution >= 4 is 17.5 Å². The Morgan fingerprint density at radius 2 is 2.44 bits per heavy atom. The van der Waals surface area contributed by atoms with Gasteiger partial charge in [0.15, 0.2) is 0 Å². The molecule has 0 spiro atoms. The first-order valence-corrected chi connectivity index (χ1v) is 5.82. The van der Waals surface area contributed by atoms with E-state index in [4.69, 9.17) is 11.6 Å². The number of amides is 1. The Morgan fingerprint density at radius 1 is 1.69 bits per heavy atom. The molecule has 16 heavy (non-hydrogen) atoms. The summed E-state index contributed by atoms with van der Waals surface area (Å²) >= 11 is 5.88. The minimum Gasteiger partial charge on any atom is -0.391 e. The highest BCUT2D eigenvalue weighted by molar-refractivity contribution is 6.31. The number of carbonyl (C=O) groups is 1. The number of hydrogen-bond donors (Lipinski definition) is 1. The van der Waals surface area contributed by atoms with Crippen LogP contribution in [-0.4, -0.2) is 39.7 Å². The topological polar surface area (TPSA) is 45.5 Å². The molecule has 1 amide bonds. The SMILES string of the molecule is CCn1cc(Cl)cc1C(=O)N1CC[C@@H](O)C1. The van der Waals surface area contributed by atoms with E-state index in [2.05, 4.69) is 0 Å². The fourth-order valence-corrected chi connectivity index (χ4v) is 2.22. The van der Waals surface area contributed by atoms with Crippen LogP contribution in [0.15, 0.2) is 12.3 Å². The number of β-amino-alcohol motifs (C(OH)–C–C–N with tert-alkyl or cyclic N) is 1. The molecule has 0 radical (unpaired) electrons. The smallest absolute Gasteiger partial charge is 0.270 e. The van der Waals surface area contributed by atoms with Crippen molar-refractivity contribution in [2.45, 2.75) is 26.0 Å². The van der Waals surface area contributed by atoms with E-state index in [0.717, 1.165) is 0 Å². The summed E-state index contributed by atoms with van der Waals surface area (Å²) < 4.78 is 1.83. The zero-order chi connectivity index (χ0) is 11.7. The second-order valence-corrected chi connectivity index (χ2v) is 4.46. The fourth-order valence-electron chi connectivity index (χ4n) is 2.00. The van der Waals surface area contributed by atoms with Crippen LogP contribution in [0.5, 0.6) is 0 Å². The van der Waals surface area contributed by atoms with Gasteiger partial charge in [0.1, 0.15) is 5.69 Å². The second kappa shape index (κ2) is 4.47. The molecule has 1 aliphatic heterocycles. The predicted molar refractivity (Wildman–Crippen MR) is 61.6 cm³/mol. The van der Waals surface area contributed by atoms with Crippen LogP contribution in [-0.2, 0) is 6.54 Å². The number of aromatic nitrogens is 1. The van der Waals surface area contributed by atoms with E-state index in [0.29, 0.717) is 36.8 Å². The van der Waals surface area contributed by atoms with E-state index in [9.17, 15) is 9.90 Å². The quantitative estimate of drug-likeness (QED) is 0.852. The molecule has 1 saturated heterocycles. The van der Waals surface area contributed by atoms with Gasteiger partial charge in [-0.25, -0.2) is 0 Å². The van der Waals surface area contributed by atoms with Gasteiger partial charge in [-0.05, 0) is 19.4 Å². The lowest BCUT2D eigenvalue weighted by molar-refractivity contribution is 0.0754. The monoisotopic (exact) mass is 242 g/mol. The Morgan fingerprint density at radius 3 is 3.00 bits per heavy atom. The Labute approximate surface area is 99.4 Å². The molecule has 2 rings (SSSR count). The summed E-state index contributed by atoms with van der Waals surface area (Å²) in [5, 5.41) is 9.97. The minimum atomic E-state index is -0.385. The molecule has 1 aromatic heterocycles. The van der Waals surface area contributed by atoms with Crippen LogP contribution in [0.25, 0.3) is 0 Å². The number of aliphatic hydroxyl groups excluding tert-OH is 1. The maximum absolute atomic E-state index is 12.1. The summed E-state index contributed by atoms with van der Waals surface area (Å²) in [7, 11) is 0. The van der Waals surface area contributed by atoms with Gasteiger partial charge in [-0.15, -0.1) is 0 Å². The molecular formula is C11H15ClN2O2. The fraction of sp³-hybridized carbons (Fsp3) is 0.545. The maximum Gasteiger partial charge on any atom is 0.270 e. The Hall–Kier alpha value is -1.00. The summed E-state index contributed by atoms with van der Waals surface area (Å²) in [6.07, 6.45) is 2.03. The van der Waals surface area contributed by atoms with E-state index >= 15 is 0 Å². The maximum atomic E-state index is 12.1. The summed E-state index contributed by atoms with van der Waals surface area (Å²) in [6, 6.07) is 1.68. The lowest BCUT2D eigenvalue weighted by atomic mass is 10.3. The van der Waals surface area contributed by atoms with Crippen LogP contribution in [0, 0.1) is 0 Å². The molecule has 0 aromatic carbocycles. The average Bonchev–Trinajstić information content (AvgIpc) is 2.83. The van der Waals surface area contributed by atoms with Gasteiger partial charge in [-0.1, -0.05) is 11.6 Å². The van der Waals surface area contributed by atoms with Gasteiger partial charge in [-0.3, -0.25) is 4.79 Å². The zero-order valence-corrected chi connectivity index (χ0v) is 9.94. The van der Waals surface area contributed by atoms with Crippen LogP contribution < -0.4 is 0 Å². The predicted octanol–water partition coefficient (Wildman–Crippen LogP) is 1.37. The van der Waals surface area contributed by atoms with Crippen LogP contribution in [0.1, 0.15) is 23.8 Å². The molecule has 88 valence electrons. The summed E-state index contributed by atoms with van der Waals surface area (Å²) in [4.78, 5) is 13.8. The molecular weight excluding hydrogens is 228 g/mol. The molecule has 1 atom stereocenters. The van der Waals surface area contributed by atoms with E-state index in [1.54, 1.807) is 17.2 Å². The van der Waals surface area contributed by atoms with E-state index in [1.807, 2.05) is 11.5 Å². The Balaban J connectivity index is 2.20. The van der Waals surface area contributed by atoms with Gasteiger partial charge >= 0.3 is 0 Å². The average molecular weight is 243 g/mol. The minimum absolute atomic E-state index is 0.0506. The van der Waals surface area contributed by atoms with Crippen LogP contribution in [0.2, 0.25) is 5.02 Å². The van der Waals surface area contributed by atoms with Gasteiger partial charge in [-0.2, -0.15) is 0 Å². The third-order valence-corrected chi connectivity index (χ3v) is 3.08. The lowest BCUT2D eigenvalue weighted by Crippen LogP contribution is -2.31. The summed E-state index contributed by atoms with van der Waals surface area (Å²) in [6.45, 7) is 3.72. The molecule has 0 aliphatic carbocycles. The van der Waals surface area contributed by atoms with Crippen molar-refractivity contribution in [2.75, 3.05) is 13.1 Å². The molecule has 0 saturated carbocycles. The van der Waals surface area contributed by atoms with Crippen molar-refractivity contribution in [1.29, 1.82) is 0 Å².